The molecule has 1 N–H and O–H groups in total. The van der Waals surface area contributed by atoms with Crippen molar-refractivity contribution < 1.29 is 14.7 Å². The van der Waals surface area contributed by atoms with Crippen LogP contribution in [0.1, 0.15) is 46.5 Å². The normalized spacial score (nSPS) is 11.3. The predicted octanol–water partition coefficient (Wildman–Crippen LogP) is 2.25. The number of carbonyl (C=O) groups is 2. The number of hydrogen-bond acceptors (Lipinski definition) is 2. The number of ketones is 1. The Hall–Kier alpha value is -0.860. The van der Waals surface area contributed by atoms with E-state index >= 15 is 0 Å². The lowest BCUT2D eigenvalue weighted by atomic mass is 9.75. The molecule has 0 saturated heterocycles. The Bertz CT molecular complexity index is 192. The van der Waals surface area contributed by atoms with Crippen molar-refractivity contribution >= 4 is 11.8 Å². The molecule has 0 aliphatic carbocycles. The van der Waals surface area contributed by atoms with Crippen LogP contribution in [0.2, 0.25) is 0 Å². The molecule has 76 valence electrons. The number of carboxylic acids is 1. The van der Waals surface area contributed by atoms with Crippen molar-refractivity contribution in [3.8, 4) is 0 Å². The average Bonchev–Trinajstić information content (AvgIpc) is 2.13. The van der Waals surface area contributed by atoms with Gasteiger partial charge in [0.05, 0.1) is 0 Å². The van der Waals surface area contributed by atoms with Gasteiger partial charge in [-0.15, -0.1) is 0 Å². The second-order valence-corrected chi connectivity index (χ2v) is 3.37. The van der Waals surface area contributed by atoms with Gasteiger partial charge in [-0.05, 0) is 19.3 Å². The Balaban J connectivity index is 4.74. The van der Waals surface area contributed by atoms with Crippen LogP contribution in [-0.4, -0.2) is 16.9 Å². The first-order chi connectivity index (χ1) is 6.04. The van der Waals surface area contributed by atoms with Crippen LogP contribution < -0.4 is 0 Å². The molecule has 3 nitrogen and oxygen atoms in total. The summed E-state index contributed by atoms with van der Waals surface area (Å²) >= 11 is 0. The van der Waals surface area contributed by atoms with Crippen molar-refractivity contribution in [1.29, 1.82) is 0 Å². The van der Waals surface area contributed by atoms with E-state index in [-0.39, 0.29) is 0 Å². The molecule has 3 heteroatoms. The van der Waals surface area contributed by atoms with Gasteiger partial charge < -0.3 is 5.11 Å². The summed E-state index contributed by atoms with van der Waals surface area (Å²) in [6.07, 6.45) is 2.75. The molecular formula is C10H18O3. The monoisotopic (exact) mass is 186 g/mol. The van der Waals surface area contributed by atoms with Gasteiger partial charge in [-0.2, -0.15) is 0 Å². The smallest absolute Gasteiger partial charge is 0.372 e. The molecule has 0 fully saturated rings. The van der Waals surface area contributed by atoms with Gasteiger partial charge in [-0.25, -0.2) is 4.79 Å². The van der Waals surface area contributed by atoms with Crippen LogP contribution >= 0.6 is 0 Å². The Morgan fingerprint density at radius 3 is 1.85 bits per heavy atom. The Morgan fingerprint density at radius 2 is 1.62 bits per heavy atom. The lowest BCUT2D eigenvalue weighted by Gasteiger charge is -2.27. The second-order valence-electron chi connectivity index (χ2n) is 3.37. The van der Waals surface area contributed by atoms with Crippen molar-refractivity contribution in [2.24, 2.45) is 5.41 Å². The van der Waals surface area contributed by atoms with Crippen molar-refractivity contribution in [3.63, 3.8) is 0 Å². The van der Waals surface area contributed by atoms with E-state index in [1.165, 1.54) is 0 Å². The zero-order valence-electron chi connectivity index (χ0n) is 8.59. The maximum Gasteiger partial charge on any atom is 0.372 e. The van der Waals surface area contributed by atoms with Crippen LogP contribution in [0.15, 0.2) is 0 Å². The number of rotatable bonds is 6. The summed E-state index contributed by atoms with van der Waals surface area (Å²) in [5.41, 5.74) is -0.624. The molecule has 0 aliphatic rings. The van der Waals surface area contributed by atoms with Crippen molar-refractivity contribution in [3.05, 3.63) is 0 Å². The SMILES string of the molecule is CCCC(CC)(CC)C(=O)C(=O)O. The van der Waals surface area contributed by atoms with Crippen LogP contribution in [0.3, 0.4) is 0 Å². The van der Waals surface area contributed by atoms with E-state index in [1.807, 2.05) is 20.8 Å². The van der Waals surface area contributed by atoms with E-state index in [0.717, 1.165) is 6.42 Å². The lowest BCUT2D eigenvalue weighted by molar-refractivity contribution is -0.154. The van der Waals surface area contributed by atoms with Crippen LogP contribution in [-0.2, 0) is 9.59 Å². The zero-order valence-corrected chi connectivity index (χ0v) is 8.59. The Labute approximate surface area is 79.1 Å². The third-order valence-corrected chi connectivity index (χ3v) is 2.76. The van der Waals surface area contributed by atoms with Crippen molar-refractivity contribution in [2.45, 2.75) is 46.5 Å². The molecule has 0 unspecified atom stereocenters. The maximum absolute atomic E-state index is 11.4. The molecule has 0 aromatic rings. The Morgan fingerprint density at radius 1 is 1.15 bits per heavy atom. The van der Waals surface area contributed by atoms with Crippen LogP contribution in [0, 0.1) is 5.41 Å². The standard InChI is InChI=1S/C10H18O3/c1-4-7-10(5-2,6-3)8(11)9(12)13/h4-7H2,1-3H3,(H,12,13). The van der Waals surface area contributed by atoms with E-state index in [0.29, 0.717) is 19.3 Å². The summed E-state index contributed by atoms with van der Waals surface area (Å²) in [5, 5.41) is 8.66. The predicted molar refractivity (Wildman–Crippen MR) is 50.6 cm³/mol. The topological polar surface area (TPSA) is 54.4 Å². The number of carbonyl (C=O) groups excluding carboxylic acids is 1. The number of carboxylic acid groups (broad SMARTS) is 1. The van der Waals surface area contributed by atoms with Gasteiger partial charge >= 0.3 is 5.97 Å². The summed E-state index contributed by atoms with van der Waals surface area (Å²) in [6, 6.07) is 0. The molecule has 0 bridgehead atoms. The molecule has 0 aromatic carbocycles. The van der Waals surface area contributed by atoms with Gasteiger partial charge in [0.2, 0.25) is 5.78 Å². The molecule has 0 radical (unpaired) electrons. The summed E-state index contributed by atoms with van der Waals surface area (Å²) < 4.78 is 0. The van der Waals surface area contributed by atoms with Crippen LogP contribution in [0.25, 0.3) is 0 Å². The number of Topliss-reactive ketones (excluding diaryl/α,β-unsaturated/α-hetero) is 1. The van der Waals surface area contributed by atoms with Gasteiger partial charge in [0, 0.05) is 5.41 Å². The minimum absolute atomic E-state index is 0.614. The highest BCUT2D eigenvalue weighted by atomic mass is 16.4. The highest BCUT2D eigenvalue weighted by Crippen LogP contribution is 2.33. The van der Waals surface area contributed by atoms with Crippen LogP contribution in [0.5, 0.6) is 0 Å². The maximum atomic E-state index is 11.4. The van der Waals surface area contributed by atoms with Gasteiger partial charge in [-0.1, -0.05) is 27.2 Å². The van der Waals surface area contributed by atoms with Gasteiger partial charge in [-0.3, -0.25) is 4.79 Å². The molecule has 0 aliphatic heterocycles. The van der Waals surface area contributed by atoms with E-state index < -0.39 is 17.2 Å². The fourth-order valence-corrected chi connectivity index (χ4v) is 1.74. The lowest BCUT2D eigenvalue weighted by Crippen LogP contribution is -2.35. The molecule has 0 atom stereocenters. The van der Waals surface area contributed by atoms with E-state index in [9.17, 15) is 9.59 Å². The van der Waals surface area contributed by atoms with Crippen molar-refractivity contribution in [1.82, 2.24) is 0 Å². The summed E-state index contributed by atoms with van der Waals surface area (Å²) in [5.74, 6) is -1.92. The average molecular weight is 186 g/mol. The fourth-order valence-electron chi connectivity index (χ4n) is 1.74. The molecule has 13 heavy (non-hydrogen) atoms. The van der Waals surface area contributed by atoms with Crippen molar-refractivity contribution in [2.75, 3.05) is 0 Å². The van der Waals surface area contributed by atoms with E-state index in [2.05, 4.69) is 0 Å². The highest BCUT2D eigenvalue weighted by Gasteiger charge is 2.37. The largest absolute Gasteiger partial charge is 0.475 e. The molecule has 0 aromatic heterocycles. The van der Waals surface area contributed by atoms with E-state index in [1.54, 1.807) is 0 Å². The quantitative estimate of drug-likeness (QED) is 0.647. The molecule has 0 saturated carbocycles. The summed E-state index contributed by atoms with van der Waals surface area (Å²) in [7, 11) is 0. The third-order valence-electron chi connectivity index (χ3n) is 2.76. The number of hydrogen-bond donors (Lipinski definition) is 1. The third kappa shape index (κ3) is 2.54. The molecule has 0 amide bonds. The summed E-state index contributed by atoms with van der Waals surface area (Å²) in [4.78, 5) is 22.0. The zero-order chi connectivity index (χ0) is 10.5. The molecule has 0 rings (SSSR count). The van der Waals surface area contributed by atoms with Crippen LogP contribution in [0.4, 0.5) is 0 Å². The van der Waals surface area contributed by atoms with E-state index in [4.69, 9.17) is 5.11 Å². The first-order valence-corrected chi connectivity index (χ1v) is 4.81. The minimum atomic E-state index is -1.29. The van der Waals surface area contributed by atoms with Gasteiger partial charge in [0.1, 0.15) is 0 Å². The Kier molecular flexibility index (Phi) is 4.67. The summed E-state index contributed by atoms with van der Waals surface area (Å²) in [6.45, 7) is 5.72. The first-order valence-electron chi connectivity index (χ1n) is 4.81. The highest BCUT2D eigenvalue weighted by molar-refractivity contribution is 6.34. The second kappa shape index (κ2) is 5.00. The number of aliphatic carboxylic acids is 1. The van der Waals surface area contributed by atoms with Gasteiger partial charge in [0.25, 0.3) is 0 Å². The van der Waals surface area contributed by atoms with Gasteiger partial charge in [0.15, 0.2) is 0 Å². The first kappa shape index (κ1) is 12.1. The molecule has 0 heterocycles. The fraction of sp³-hybridized carbons (Fsp3) is 0.800. The molecule has 0 spiro atoms. The molecular weight excluding hydrogens is 168 g/mol. The minimum Gasteiger partial charge on any atom is -0.475 e.